The molecule has 0 aliphatic rings. The zero-order chi connectivity index (χ0) is 10.7. The molecule has 0 fully saturated rings. The number of aryl methyl sites for hydroxylation is 1. The van der Waals surface area contributed by atoms with E-state index in [1.54, 1.807) is 6.20 Å². The Labute approximate surface area is 88.8 Å². The Morgan fingerprint density at radius 1 is 1.33 bits per heavy atom. The van der Waals surface area contributed by atoms with Crippen LogP contribution < -0.4 is 5.73 Å². The molecular weight excluding hydrogens is 188 g/mol. The lowest BCUT2D eigenvalue weighted by atomic mass is 10.3. The van der Waals surface area contributed by atoms with Crippen LogP contribution in [0.3, 0.4) is 0 Å². The molecule has 0 spiro atoms. The average molecular weight is 202 g/mol. The number of nitrogens with zero attached hydrogens (tertiary/aromatic N) is 3. The molecule has 78 valence electrons. The van der Waals surface area contributed by atoms with Crippen molar-refractivity contribution in [3.8, 4) is 0 Å². The van der Waals surface area contributed by atoms with Gasteiger partial charge in [-0.15, -0.1) is 0 Å². The molecule has 0 saturated carbocycles. The summed E-state index contributed by atoms with van der Waals surface area (Å²) in [7, 11) is 0. The molecule has 0 unspecified atom stereocenters. The number of nitrogens with two attached hydrogens (primary N) is 1. The molecule has 0 radical (unpaired) electrons. The van der Waals surface area contributed by atoms with Gasteiger partial charge in [-0.1, -0.05) is 6.07 Å². The Morgan fingerprint density at radius 3 is 2.80 bits per heavy atom. The van der Waals surface area contributed by atoms with Crippen molar-refractivity contribution in [1.82, 2.24) is 14.5 Å². The third-order valence-electron chi connectivity index (χ3n) is 2.33. The fraction of sp³-hybridized carbons (Fsp3) is 0.273. The number of pyridine rings is 1. The first-order valence-electron chi connectivity index (χ1n) is 4.92. The van der Waals surface area contributed by atoms with Gasteiger partial charge >= 0.3 is 0 Å². The van der Waals surface area contributed by atoms with E-state index in [1.165, 1.54) is 0 Å². The number of rotatable bonds is 3. The lowest BCUT2D eigenvalue weighted by Gasteiger charge is -2.05. The minimum atomic E-state index is 0.483. The van der Waals surface area contributed by atoms with Crippen LogP contribution in [0.15, 0.2) is 30.6 Å². The highest BCUT2D eigenvalue weighted by atomic mass is 15.1. The van der Waals surface area contributed by atoms with E-state index < -0.39 is 0 Å². The molecule has 15 heavy (non-hydrogen) atoms. The quantitative estimate of drug-likeness (QED) is 0.810. The van der Waals surface area contributed by atoms with Crippen molar-refractivity contribution in [1.29, 1.82) is 0 Å². The third kappa shape index (κ3) is 2.22. The normalized spacial score (nSPS) is 10.5. The molecule has 0 aromatic carbocycles. The Hall–Kier alpha value is -1.68. The number of hydrogen-bond donors (Lipinski definition) is 1. The molecule has 2 N–H and O–H groups in total. The van der Waals surface area contributed by atoms with Crippen LogP contribution in [0.2, 0.25) is 0 Å². The van der Waals surface area contributed by atoms with Crippen LogP contribution >= 0.6 is 0 Å². The summed E-state index contributed by atoms with van der Waals surface area (Å²) in [6, 6.07) is 5.92. The van der Waals surface area contributed by atoms with Gasteiger partial charge in [0, 0.05) is 18.9 Å². The number of imidazole rings is 1. The Balaban J connectivity index is 2.21. The van der Waals surface area contributed by atoms with Gasteiger partial charge in [0.1, 0.15) is 5.82 Å². The molecule has 2 rings (SSSR count). The van der Waals surface area contributed by atoms with Gasteiger partial charge < -0.3 is 10.3 Å². The van der Waals surface area contributed by atoms with E-state index in [9.17, 15) is 0 Å². The van der Waals surface area contributed by atoms with Gasteiger partial charge in [0.15, 0.2) is 0 Å². The van der Waals surface area contributed by atoms with Crippen molar-refractivity contribution >= 4 is 0 Å². The minimum absolute atomic E-state index is 0.483. The van der Waals surface area contributed by atoms with E-state index in [2.05, 4.69) is 14.5 Å². The third-order valence-corrected chi connectivity index (χ3v) is 2.33. The molecule has 0 aliphatic carbocycles. The summed E-state index contributed by atoms with van der Waals surface area (Å²) >= 11 is 0. The zero-order valence-corrected chi connectivity index (χ0v) is 8.72. The summed E-state index contributed by atoms with van der Waals surface area (Å²) in [5.41, 5.74) is 7.47. The van der Waals surface area contributed by atoms with E-state index >= 15 is 0 Å². The molecular formula is C11H14N4. The fourth-order valence-electron chi connectivity index (χ4n) is 1.48. The summed E-state index contributed by atoms with van der Waals surface area (Å²) in [5, 5.41) is 0. The van der Waals surface area contributed by atoms with Gasteiger partial charge in [-0.2, -0.15) is 0 Å². The van der Waals surface area contributed by atoms with E-state index in [0.717, 1.165) is 23.8 Å². The first kappa shape index (κ1) is 9.86. The Bertz CT molecular complexity index is 447. The molecule has 0 atom stereocenters. The second-order valence-corrected chi connectivity index (χ2v) is 3.43. The smallest absolute Gasteiger partial charge is 0.105 e. The Kier molecular flexibility index (Phi) is 2.78. The van der Waals surface area contributed by atoms with Crippen molar-refractivity contribution in [3.63, 3.8) is 0 Å². The second kappa shape index (κ2) is 4.23. The van der Waals surface area contributed by atoms with Crippen molar-refractivity contribution in [2.24, 2.45) is 5.73 Å². The highest BCUT2D eigenvalue weighted by Crippen LogP contribution is 2.03. The highest BCUT2D eigenvalue weighted by molar-refractivity contribution is 5.12. The van der Waals surface area contributed by atoms with Gasteiger partial charge in [0.2, 0.25) is 0 Å². The van der Waals surface area contributed by atoms with Crippen molar-refractivity contribution in [2.75, 3.05) is 0 Å². The van der Waals surface area contributed by atoms with Crippen LogP contribution in [0, 0.1) is 6.92 Å². The monoisotopic (exact) mass is 202 g/mol. The lowest BCUT2D eigenvalue weighted by Crippen LogP contribution is -2.06. The first-order chi connectivity index (χ1) is 7.29. The molecule has 2 heterocycles. The average Bonchev–Trinajstić information content (AvgIpc) is 2.65. The first-order valence-corrected chi connectivity index (χ1v) is 4.92. The van der Waals surface area contributed by atoms with Gasteiger partial charge in [0.25, 0.3) is 0 Å². The fourth-order valence-corrected chi connectivity index (χ4v) is 1.48. The maximum absolute atomic E-state index is 5.54. The lowest BCUT2D eigenvalue weighted by molar-refractivity contribution is 0.735. The molecule has 2 aromatic rings. The summed E-state index contributed by atoms with van der Waals surface area (Å²) in [4.78, 5) is 8.60. The summed E-state index contributed by atoms with van der Waals surface area (Å²) in [5.74, 6) is 0.995. The van der Waals surface area contributed by atoms with E-state index in [-0.39, 0.29) is 0 Å². The Morgan fingerprint density at radius 2 is 2.13 bits per heavy atom. The van der Waals surface area contributed by atoms with Crippen molar-refractivity contribution < 1.29 is 0 Å². The molecule has 2 aromatic heterocycles. The highest BCUT2D eigenvalue weighted by Gasteiger charge is 2.00. The molecule has 0 aliphatic heterocycles. The molecule has 0 saturated heterocycles. The molecule has 0 bridgehead atoms. The van der Waals surface area contributed by atoms with Gasteiger partial charge in [-0.3, -0.25) is 4.98 Å². The van der Waals surface area contributed by atoms with Crippen LogP contribution in [-0.4, -0.2) is 14.5 Å². The predicted octanol–water partition coefficient (Wildman–Crippen LogP) is 1.09. The van der Waals surface area contributed by atoms with E-state index in [0.29, 0.717) is 6.54 Å². The maximum Gasteiger partial charge on any atom is 0.105 e. The van der Waals surface area contributed by atoms with Crippen LogP contribution in [0.4, 0.5) is 0 Å². The van der Waals surface area contributed by atoms with Gasteiger partial charge in [-0.05, 0) is 19.1 Å². The zero-order valence-electron chi connectivity index (χ0n) is 8.72. The molecule has 4 nitrogen and oxygen atoms in total. The van der Waals surface area contributed by atoms with E-state index in [1.807, 2.05) is 31.3 Å². The van der Waals surface area contributed by atoms with Crippen molar-refractivity contribution in [3.05, 3.63) is 47.8 Å². The maximum atomic E-state index is 5.54. The predicted molar refractivity (Wildman–Crippen MR) is 58.2 cm³/mol. The summed E-state index contributed by atoms with van der Waals surface area (Å²) < 4.78 is 2.06. The van der Waals surface area contributed by atoms with Crippen LogP contribution in [-0.2, 0) is 13.1 Å². The largest absolute Gasteiger partial charge is 0.329 e. The molecule has 0 amide bonds. The minimum Gasteiger partial charge on any atom is -0.329 e. The second-order valence-electron chi connectivity index (χ2n) is 3.43. The van der Waals surface area contributed by atoms with Crippen LogP contribution in [0.5, 0.6) is 0 Å². The number of hydrogen-bond acceptors (Lipinski definition) is 3. The van der Waals surface area contributed by atoms with Gasteiger partial charge in [-0.25, -0.2) is 4.98 Å². The van der Waals surface area contributed by atoms with Crippen molar-refractivity contribution in [2.45, 2.75) is 20.0 Å². The summed E-state index contributed by atoms with van der Waals surface area (Å²) in [6.07, 6.45) is 3.74. The topological polar surface area (TPSA) is 56.7 Å². The van der Waals surface area contributed by atoms with E-state index in [4.69, 9.17) is 5.73 Å². The summed E-state index contributed by atoms with van der Waals surface area (Å²) in [6.45, 7) is 3.21. The SMILES string of the molecule is Cc1nccn1Cc1cccc(CN)n1. The van der Waals surface area contributed by atoms with Gasteiger partial charge in [0.05, 0.1) is 17.9 Å². The molecule has 4 heteroatoms. The number of aromatic nitrogens is 3. The standard InChI is InChI=1S/C11H14N4/c1-9-13-5-6-15(9)8-11-4-2-3-10(7-12)14-11/h2-6H,7-8,12H2,1H3. The van der Waals surface area contributed by atoms with Crippen LogP contribution in [0.25, 0.3) is 0 Å². The van der Waals surface area contributed by atoms with Crippen LogP contribution in [0.1, 0.15) is 17.2 Å².